The number of hydrogen-bond donors (Lipinski definition) is 0. The average molecular weight is 222 g/mol. The Kier molecular flexibility index (Phi) is 4.28. The number of pyridine rings is 1. The molecule has 0 atom stereocenters. The lowest BCUT2D eigenvalue weighted by molar-refractivity contribution is -0.131. The quantitative estimate of drug-likeness (QED) is 0.763. The van der Waals surface area contributed by atoms with E-state index in [9.17, 15) is 9.59 Å². The summed E-state index contributed by atoms with van der Waals surface area (Å²) in [5.41, 5.74) is 0.567. The summed E-state index contributed by atoms with van der Waals surface area (Å²) >= 11 is 0. The lowest BCUT2D eigenvalue weighted by Crippen LogP contribution is -2.36. The normalized spacial score (nSPS) is 10.2. The first-order chi connectivity index (χ1) is 7.60. The van der Waals surface area contributed by atoms with Crippen LogP contribution in [0.15, 0.2) is 23.1 Å². The third-order valence-corrected chi connectivity index (χ3v) is 2.63. The summed E-state index contributed by atoms with van der Waals surface area (Å²) in [7, 11) is 0. The minimum absolute atomic E-state index is 0.0160. The van der Waals surface area contributed by atoms with Gasteiger partial charge in [0.25, 0.3) is 5.56 Å². The van der Waals surface area contributed by atoms with E-state index in [1.807, 2.05) is 13.8 Å². The van der Waals surface area contributed by atoms with E-state index < -0.39 is 0 Å². The smallest absolute Gasteiger partial charge is 0.253 e. The number of aryl methyl sites for hydroxylation is 1. The highest BCUT2D eigenvalue weighted by molar-refractivity contribution is 5.75. The predicted molar refractivity (Wildman–Crippen MR) is 63.4 cm³/mol. The summed E-state index contributed by atoms with van der Waals surface area (Å²) in [4.78, 5) is 25.2. The number of rotatable bonds is 4. The van der Waals surface area contributed by atoms with Crippen LogP contribution in [0, 0.1) is 6.92 Å². The van der Waals surface area contributed by atoms with Gasteiger partial charge in [0.15, 0.2) is 0 Å². The largest absolute Gasteiger partial charge is 0.342 e. The topological polar surface area (TPSA) is 42.3 Å². The Morgan fingerprint density at radius 3 is 2.56 bits per heavy atom. The van der Waals surface area contributed by atoms with E-state index in [1.54, 1.807) is 30.2 Å². The Hall–Kier alpha value is -1.58. The van der Waals surface area contributed by atoms with Crippen LogP contribution >= 0.6 is 0 Å². The summed E-state index contributed by atoms with van der Waals surface area (Å²) < 4.78 is 1.45. The van der Waals surface area contributed by atoms with Crippen molar-refractivity contribution in [1.82, 2.24) is 9.47 Å². The lowest BCUT2D eigenvalue weighted by atomic mass is 10.3. The summed E-state index contributed by atoms with van der Waals surface area (Å²) in [5.74, 6) is -0.0160. The molecule has 0 saturated carbocycles. The van der Waals surface area contributed by atoms with E-state index in [4.69, 9.17) is 0 Å². The molecule has 0 N–H and O–H groups in total. The highest BCUT2D eigenvalue weighted by Gasteiger charge is 2.10. The summed E-state index contributed by atoms with van der Waals surface area (Å²) in [6.45, 7) is 7.09. The van der Waals surface area contributed by atoms with Crippen molar-refractivity contribution in [1.29, 1.82) is 0 Å². The Balaban J connectivity index is 2.85. The van der Waals surface area contributed by atoms with Gasteiger partial charge in [0.05, 0.1) is 0 Å². The molecule has 0 saturated heterocycles. The Morgan fingerprint density at radius 2 is 2.00 bits per heavy atom. The van der Waals surface area contributed by atoms with Gasteiger partial charge in [-0.1, -0.05) is 6.07 Å². The molecule has 1 aromatic heterocycles. The van der Waals surface area contributed by atoms with E-state index in [1.165, 1.54) is 4.57 Å². The highest BCUT2D eigenvalue weighted by atomic mass is 16.2. The maximum atomic E-state index is 11.8. The third-order valence-electron chi connectivity index (χ3n) is 2.63. The van der Waals surface area contributed by atoms with Crippen molar-refractivity contribution in [3.8, 4) is 0 Å². The van der Waals surface area contributed by atoms with Crippen LogP contribution in [-0.2, 0) is 11.3 Å². The molecule has 0 aliphatic rings. The van der Waals surface area contributed by atoms with Crippen LogP contribution in [0.25, 0.3) is 0 Å². The van der Waals surface area contributed by atoms with Crippen LogP contribution in [0.1, 0.15) is 19.4 Å². The van der Waals surface area contributed by atoms with Gasteiger partial charge in [0.1, 0.15) is 6.54 Å². The number of carbonyl (C=O) groups excluding carboxylic acids is 1. The molecule has 0 aliphatic heterocycles. The van der Waals surface area contributed by atoms with E-state index in [0.717, 1.165) is 0 Å². The van der Waals surface area contributed by atoms with E-state index in [0.29, 0.717) is 18.7 Å². The lowest BCUT2D eigenvalue weighted by Gasteiger charge is -2.19. The van der Waals surface area contributed by atoms with E-state index >= 15 is 0 Å². The van der Waals surface area contributed by atoms with Crippen molar-refractivity contribution in [2.45, 2.75) is 27.3 Å². The van der Waals surface area contributed by atoms with E-state index in [-0.39, 0.29) is 18.0 Å². The van der Waals surface area contributed by atoms with Gasteiger partial charge in [0.2, 0.25) is 5.91 Å². The third kappa shape index (κ3) is 2.72. The molecule has 4 nitrogen and oxygen atoms in total. The predicted octanol–water partition coefficient (Wildman–Crippen LogP) is 1.03. The van der Waals surface area contributed by atoms with Gasteiger partial charge in [-0.2, -0.15) is 0 Å². The van der Waals surface area contributed by atoms with Crippen molar-refractivity contribution >= 4 is 5.91 Å². The fourth-order valence-electron chi connectivity index (χ4n) is 1.60. The molecule has 1 rings (SSSR count). The molecule has 0 aromatic carbocycles. The zero-order chi connectivity index (χ0) is 12.1. The van der Waals surface area contributed by atoms with Crippen molar-refractivity contribution in [3.63, 3.8) is 0 Å². The van der Waals surface area contributed by atoms with Gasteiger partial charge in [0, 0.05) is 24.8 Å². The number of aromatic nitrogens is 1. The second-order valence-electron chi connectivity index (χ2n) is 3.69. The number of amides is 1. The second-order valence-corrected chi connectivity index (χ2v) is 3.69. The number of hydrogen-bond acceptors (Lipinski definition) is 2. The first kappa shape index (κ1) is 12.5. The Labute approximate surface area is 95.5 Å². The van der Waals surface area contributed by atoms with Crippen LogP contribution in [0.3, 0.4) is 0 Å². The molecule has 4 heteroatoms. The molecule has 0 fully saturated rings. The molecule has 0 bridgehead atoms. The summed E-state index contributed by atoms with van der Waals surface area (Å²) in [6.07, 6.45) is 1.65. The zero-order valence-corrected chi connectivity index (χ0v) is 10.1. The van der Waals surface area contributed by atoms with Gasteiger partial charge in [-0.3, -0.25) is 9.59 Å². The summed E-state index contributed by atoms with van der Waals surface area (Å²) in [5, 5.41) is 0. The molecular formula is C12H18N2O2. The van der Waals surface area contributed by atoms with Crippen LogP contribution in [0.5, 0.6) is 0 Å². The number of carbonyl (C=O) groups is 1. The first-order valence-electron chi connectivity index (χ1n) is 5.54. The van der Waals surface area contributed by atoms with Gasteiger partial charge < -0.3 is 9.47 Å². The maximum Gasteiger partial charge on any atom is 0.253 e. The van der Waals surface area contributed by atoms with Gasteiger partial charge in [-0.15, -0.1) is 0 Å². The van der Waals surface area contributed by atoms with Crippen molar-refractivity contribution in [2.24, 2.45) is 0 Å². The van der Waals surface area contributed by atoms with Crippen LogP contribution < -0.4 is 5.56 Å². The van der Waals surface area contributed by atoms with Gasteiger partial charge in [-0.25, -0.2) is 0 Å². The van der Waals surface area contributed by atoms with Crippen LogP contribution in [0.4, 0.5) is 0 Å². The Morgan fingerprint density at radius 1 is 1.38 bits per heavy atom. The van der Waals surface area contributed by atoms with Crippen LogP contribution in [-0.4, -0.2) is 28.5 Å². The highest BCUT2D eigenvalue weighted by Crippen LogP contribution is 1.94. The fraction of sp³-hybridized carbons (Fsp3) is 0.500. The zero-order valence-electron chi connectivity index (χ0n) is 10.1. The van der Waals surface area contributed by atoms with Crippen LogP contribution in [0.2, 0.25) is 0 Å². The fourth-order valence-corrected chi connectivity index (χ4v) is 1.60. The van der Waals surface area contributed by atoms with Gasteiger partial charge in [-0.05, 0) is 26.8 Å². The SMILES string of the molecule is CCN(CC)C(=O)Cn1cccc(C)c1=O. The Bertz CT molecular complexity index is 419. The number of likely N-dealkylation sites (N-methyl/N-ethyl adjacent to an activating group) is 1. The minimum Gasteiger partial charge on any atom is -0.342 e. The molecule has 88 valence electrons. The molecule has 0 aliphatic carbocycles. The van der Waals surface area contributed by atoms with Crippen molar-refractivity contribution < 1.29 is 4.79 Å². The first-order valence-corrected chi connectivity index (χ1v) is 5.54. The second kappa shape index (κ2) is 5.49. The molecule has 1 amide bonds. The van der Waals surface area contributed by atoms with Crippen molar-refractivity contribution in [3.05, 3.63) is 34.2 Å². The summed E-state index contributed by atoms with van der Waals surface area (Å²) in [6, 6.07) is 3.53. The minimum atomic E-state index is -0.0944. The van der Waals surface area contributed by atoms with E-state index in [2.05, 4.69) is 0 Å². The van der Waals surface area contributed by atoms with Gasteiger partial charge >= 0.3 is 0 Å². The molecule has 0 radical (unpaired) electrons. The molecule has 1 aromatic rings. The molecule has 1 heterocycles. The standard InChI is InChI=1S/C12H18N2O2/c1-4-13(5-2)11(15)9-14-8-6-7-10(3)12(14)16/h6-8H,4-5,9H2,1-3H3. The van der Waals surface area contributed by atoms with Crippen molar-refractivity contribution in [2.75, 3.05) is 13.1 Å². The molecule has 0 spiro atoms. The molecule has 16 heavy (non-hydrogen) atoms. The monoisotopic (exact) mass is 222 g/mol. The molecule has 0 unspecified atom stereocenters. The molecular weight excluding hydrogens is 204 g/mol. The maximum absolute atomic E-state index is 11.8. The number of nitrogens with zero attached hydrogens (tertiary/aromatic N) is 2. The average Bonchev–Trinajstić information content (AvgIpc) is 2.26.